The van der Waals surface area contributed by atoms with Crippen molar-refractivity contribution in [3.8, 4) is 0 Å². The molecule has 5 nitrogen and oxygen atoms in total. The number of rotatable bonds is 3. The van der Waals surface area contributed by atoms with Crippen molar-refractivity contribution in [2.75, 3.05) is 5.32 Å². The van der Waals surface area contributed by atoms with E-state index < -0.39 is 6.09 Å². The molecule has 0 saturated carbocycles. The van der Waals surface area contributed by atoms with E-state index in [0.717, 1.165) is 21.1 Å². The van der Waals surface area contributed by atoms with Crippen LogP contribution in [-0.4, -0.2) is 16.1 Å². The molecule has 1 aromatic heterocycles. The number of carbonyl (C=O) groups is 1. The lowest BCUT2D eigenvalue weighted by Crippen LogP contribution is -2.14. The minimum atomic E-state index is -0.547. The lowest BCUT2D eigenvalue weighted by atomic mass is 10.2. The molecule has 0 bridgehead atoms. The highest BCUT2D eigenvalue weighted by Crippen LogP contribution is 2.23. The van der Waals surface area contributed by atoms with Gasteiger partial charge in [-0.15, -0.1) is 0 Å². The van der Waals surface area contributed by atoms with Gasteiger partial charge in [-0.2, -0.15) is 0 Å². The van der Waals surface area contributed by atoms with Gasteiger partial charge in [0, 0.05) is 4.47 Å². The maximum Gasteiger partial charge on any atom is 0.414 e. The SMILES string of the molecule is O=C(Nc1nc2c(Br)cccc2[nH]1)OCc1ccccc1. The molecule has 0 radical (unpaired) electrons. The summed E-state index contributed by atoms with van der Waals surface area (Å²) in [6.07, 6.45) is -0.547. The molecule has 21 heavy (non-hydrogen) atoms. The van der Waals surface area contributed by atoms with E-state index in [0.29, 0.717) is 5.95 Å². The van der Waals surface area contributed by atoms with Crippen molar-refractivity contribution in [3.05, 3.63) is 58.6 Å². The molecule has 6 heteroatoms. The molecule has 0 spiro atoms. The summed E-state index contributed by atoms with van der Waals surface area (Å²) in [5, 5.41) is 2.58. The fraction of sp³-hybridized carbons (Fsp3) is 0.0667. The Morgan fingerprint density at radius 1 is 1.19 bits per heavy atom. The van der Waals surface area contributed by atoms with Gasteiger partial charge in [-0.05, 0) is 33.6 Å². The van der Waals surface area contributed by atoms with Gasteiger partial charge in [0.15, 0.2) is 0 Å². The van der Waals surface area contributed by atoms with Crippen molar-refractivity contribution in [2.24, 2.45) is 0 Å². The fourth-order valence-corrected chi connectivity index (χ4v) is 2.37. The first kappa shape index (κ1) is 13.6. The highest BCUT2D eigenvalue weighted by molar-refractivity contribution is 9.10. The number of hydrogen-bond acceptors (Lipinski definition) is 3. The fourth-order valence-electron chi connectivity index (χ4n) is 1.91. The third-order valence-corrected chi connectivity index (χ3v) is 3.54. The Bertz CT molecular complexity index is 771. The lowest BCUT2D eigenvalue weighted by molar-refractivity contribution is 0.155. The Labute approximate surface area is 129 Å². The van der Waals surface area contributed by atoms with Gasteiger partial charge in [0.25, 0.3) is 0 Å². The Morgan fingerprint density at radius 3 is 2.76 bits per heavy atom. The number of carbonyl (C=O) groups excluding carboxylic acids is 1. The van der Waals surface area contributed by atoms with Crippen LogP contribution in [0.15, 0.2) is 53.0 Å². The largest absolute Gasteiger partial charge is 0.444 e. The number of ether oxygens (including phenoxy) is 1. The smallest absolute Gasteiger partial charge is 0.414 e. The molecule has 0 atom stereocenters. The average molecular weight is 346 g/mol. The van der Waals surface area contributed by atoms with Crippen LogP contribution in [0.2, 0.25) is 0 Å². The van der Waals surface area contributed by atoms with E-state index in [4.69, 9.17) is 4.74 Å². The van der Waals surface area contributed by atoms with Gasteiger partial charge in [-0.1, -0.05) is 36.4 Å². The van der Waals surface area contributed by atoms with E-state index in [9.17, 15) is 4.79 Å². The van der Waals surface area contributed by atoms with Crippen LogP contribution in [0, 0.1) is 0 Å². The molecule has 2 N–H and O–H groups in total. The van der Waals surface area contributed by atoms with E-state index in [-0.39, 0.29) is 6.61 Å². The summed E-state index contributed by atoms with van der Waals surface area (Å²) in [6, 6.07) is 15.2. The number of hydrogen-bond donors (Lipinski definition) is 2. The van der Waals surface area contributed by atoms with Crippen LogP contribution < -0.4 is 5.32 Å². The number of aromatic amines is 1. The number of nitrogens with zero attached hydrogens (tertiary/aromatic N) is 1. The lowest BCUT2D eigenvalue weighted by Gasteiger charge is -2.04. The minimum Gasteiger partial charge on any atom is -0.444 e. The van der Waals surface area contributed by atoms with Gasteiger partial charge in [-0.3, -0.25) is 5.32 Å². The molecule has 2 aromatic carbocycles. The second-order valence-electron chi connectivity index (χ2n) is 4.41. The zero-order valence-electron chi connectivity index (χ0n) is 11.0. The Hall–Kier alpha value is -2.34. The number of para-hydroxylation sites is 1. The predicted molar refractivity (Wildman–Crippen MR) is 84.0 cm³/mol. The molecule has 3 rings (SSSR count). The third-order valence-electron chi connectivity index (χ3n) is 2.90. The minimum absolute atomic E-state index is 0.219. The molecule has 0 aliphatic heterocycles. The van der Waals surface area contributed by atoms with Gasteiger partial charge in [0.2, 0.25) is 5.95 Å². The second-order valence-corrected chi connectivity index (χ2v) is 5.26. The van der Waals surface area contributed by atoms with E-state index in [1.54, 1.807) is 0 Å². The molecule has 0 unspecified atom stereocenters. The number of imidazole rings is 1. The number of aromatic nitrogens is 2. The van der Waals surface area contributed by atoms with Crippen LogP contribution in [0.3, 0.4) is 0 Å². The number of nitrogens with one attached hydrogen (secondary N) is 2. The third kappa shape index (κ3) is 3.22. The van der Waals surface area contributed by atoms with E-state index in [1.165, 1.54) is 0 Å². The zero-order chi connectivity index (χ0) is 14.7. The highest BCUT2D eigenvalue weighted by atomic mass is 79.9. The highest BCUT2D eigenvalue weighted by Gasteiger charge is 2.09. The Kier molecular flexibility index (Phi) is 3.87. The molecule has 0 aliphatic rings. The molecular formula is C15H12BrN3O2. The summed E-state index contributed by atoms with van der Waals surface area (Å²) < 4.78 is 6.00. The molecule has 3 aromatic rings. The molecular weight excluding hydrogens is 334 g/mol. The number of amides is 1. The normalized spacial score (nSPS) is 10.5. The summed E-state index contributed by atoms with van der Waals surface area (Å²) in [4.78, 5) is 19.0. The number of halogens is 1. The summed E-state index contributed by atoms with van der Waals surface area (Å²) in [5.41, 5.74) is 2.53. The topological polar surface area (TPSA) is 67.0 Å². The molecule has 0 aliphatic carbocycles. The zero-order valence-corrected chi connectivity index (χ0v) is 12.6. The van der Waals surface area contributed by atoms with Crippen molar-refractivity contribution < 1.29 is 9.53 Å². The predicted octanol–water partition coefficient (Wildman–Crippen LogP) is 4.07. The van der Waals surface area contributed by atoms with Gasteiger partial charge in [0.05, 0.1) is 5.52 Å². The summed E-state index contributed by atoms with van der Waals surface area (Å²) >= 11 is 3.41. The Balaban J connectivity index is 1.65. The monoisotopic (exact) mass is 345 g/mol. The Morgan fingerprint density at radius 2 is 2.00 bits per heavy atom. The maximum absolute atomic E-state index is 11.7. The first-order chi connectivity index (χ1) is 10.2. The van der Waals surface area contributed by atoms with E-state index in [1.807, 2.05) is 48.5 Å². The van der Waals surface area contributed by atoms with Gasteiger partial charge < -0.3 is 9.72 Å². The van der Waals surface area contributed by atoms with E-state index >= 15 is 0 Å². The molecule has 106 valence electrons. The van der Waals surface area contributed by atoms with Crippen LogP contribution in [0.4, 0.5) is 10.7 Å². The van der Waals surface area contributed by atoms with Crippen LogP contribution in [0.25, 0.3) is 11.0 Å². The summed E-state index contributed by atoms with van der Waals surface area (Å²) in [6.45, 7) is 0.219. The quantitative estimate of drug-likeness (QED) is 0.751. The summed E-state index contributed by atoms with van der Waals surface area (Å²) in [5.74, 6) is 0.356. The first-order valence-corrected chi connectivity index (χ1v) is 7.13. The molecule has 1 amide bonds. The molecule has 0 fully saturated rings. The number of benzene rings is 2. The second kappa shape index (κ2) is 5.97. The molecule has 1 heterocycles. The first-order valence-electron chi connectivity index (χ1n) is 6.34. The maximum atomic E-state index is 11.7. The van der Waals surface area contributed by atoms with Crippen molar-refractivity contribution in [1.29, 1.82) is 0 Å². The van der Waals surface area contributed by atoms with Crippen LogP contribution >= 0.6 is 15.9 Å². The van der Waals surface area contributed by atoms with Crippen molar-refractivity contribution in [2.45, 2.75) is 6.61 Å². The van der Waals surface area contributed by atoms with Crippen LogP contribution in [-0.2, 0) is 11.3 Å². The number of H-pyrrole nitrogens is 1. The van der Waals surface area contributed by atoms with Crippen molar-refractivity contribution >= 4 is 39.0 Å². The summed E-state index contributed by atoms with van der Waals surface area (Å²) in [7, 11) is 0. The van der Waals surface area contributed by atoms with Crippen molar-refractivity contribution in [1.82, 2.24) is 9.97 Å². The van der Waals surface area contributed by atoms with E-state index in [2.05, 4.69) is 31.2 Å². The number of anilines is 1. The standard InChI is InChI=1S/C15H12BrN3O2/c16-11-7-4-8-12-13(11)18-14(17-12)19-15(20)21-9-10-5-2-1-3-6-10/h1-8H,9H2,(H2,17,18,19,20). The number of fused-ring (bicyclic) bond motifs is 1. The van der Waals surface area contributed by atoms with Gasteiger partial charge in [0.1, 0.15) is 12.1 Å². The van der Waals surface area contributed by atoms with Gasteiger partial charge in [-0.25, -0.2) is 9.78 Å². The van der Waals surface area contributed by atoms with Crippen molar-refractivity contribution in [3.63, 3.8) is 0 Å². The van der Waals surface area contributed by atoms with Crippen LogP contribution in [0.1, 0.15) is 5.56 Å². The van der Waals surface area contributed by atoms with Gasteiger partial charge >= 0.3 is 6.09 Å². The molecule has 0 saturated heterocycles. The average Bonchev–Trinajstić information content (AvgIpc) is 2.90. The van der Waals surface area contributed by atoms with Crippen LogP contribution in [0.5, 0.6) is 0 Å².